The van der Waals surface area contributed by atoms with Crippen LogP contribution in [0.25, 0.3) is 0 Å². The first-order valence-corrected chi connectivity index (χ1v) is 3.10. The van der Waals surface area contributed by atoms with Crippen LogP contribution in [0.15, 0.2) is 11.2 Å². The Bertz CT molecular complexity index is 280. The second-order valence-corrected chi connectivity index (χ2v) is 1.89. The Morgan fingerprint density at radius 3 is 2.82 bits per heavy atom. The van der Waals surface area contributed by atoms with Crippen molar-refractivity contribution in [2.45, 2.75) is 6.92 Å². The molecule has 0 aliphatic heterocycles. The van der Waals surface area contributed by atoms with Gasteiger partial charge in [-0.05, 0) is 6.92 Å². The molecule has 0 radical (unpaired) electrons. The first-order chi connectivity index (χ1) is 5.24. The molecule has 0 saturated heterocycles. The maximum atomic E-state index is 5.46. The lowest BCUT2D eigenvalue weighted by atomic mass is 10.5. The predicted molar refractivity (Wildman–Crippen MR) is 44.7 cm³/mol. The minimum atomic E-state index is 0.164. The second-order valence-electron chi connectivity index (χ2n) is 1.89. The van der Waals surface area contributed by atoms with Crippen LogP contribution in [0.5, 0.6) is 0 Å². The predicted octanol–water partition coefficient (Wildman–Crippen LogP) is 0.363. The maximum Gasteiger partial charge on any atom is 0.222 e. The molecule has 0 fully saturated rings. The summed E-state index contributed by atoms with van der Waals surface area (Å²) in [7, 11) is 0. The molecule has 0 saturated carbocycles. The van der Waals surface area contributed by atoms with Crippen LogP contribution < -0.4 is 11.5 Å². The van der Waals surface area contributed by atoms with Crippen LogP contribution in [0.2, 0.25) is 0 Å². The summed E-state index contributed by atoms with van der Waals surface area (Å²) in [4.78, 5) is 11.4. The van der Waals surface area contributed by atoms with Gasteiger partial charge in [-0.3, -0.25) is 4.99 Å². The number of hydrogen-bond donors (Lipinski definition) is 2. The molecule has 0 bridgehead atoms. The summed E-state index contributed by atoms with van der Waals surface area (Å²) in [5, 5.41) is 0. The van der Waals surface area contributed by atoms with E-state index in [0.717, 1.165) is 0 Å². The minimum Gasteiger partial charge on any atom is -0.382 e. The third-order valence-corrected chi connectivity index (χ3v) is 1.08. The lowest BCUT2D eigenvalue weighted by Gasteiger charge is -1.97. The van der Waals surface area contributed by atoms with Crippen LogP contribution in [-0.4, -0.2) is 16.2 Å². The van der Waals surface area contributed by atoms with Gasteiger partial charge in [0, 0.05) is 6.21 Å². The van der Waals surface area contributed by atoms with E-state index in [4.69, 9.17) is 11.5 Å². The number of hydrogen-bond acceptors (Lipinski definition) is 5. The van der Waals surface area contributed by atoms with Gasteiger partial charge in [0.25, 0.3) is 0 Å². The van der Waals surface area contributed by atoms with E-state index in [9.17, 15) is 0 Å². The fraction of sp³-hybridized carbons (Fsp3) is 0.167. The Kier molecular flexibility index (Phi) is 2.00. The van der Waals surface area contributed by atoms with Gasteiger partial charge < -0.3 is 11.5 Å². The van der Waals surface area contributed by atoms with Crippen molar-refractivity contribution < 1.29 is 0 Å². The van der Waals surface area contributed by atoms with Crippen molar-refractivity contribution in [2.24, 2.45) is 4.99 Å². The molecule has 0 aliphatic rings. The van der Waals surface area contributed by atoms with Crippen LogP contribution in [-0.2, 0) is 0 Å². The molecule has 1 heterocycles. The number of nitrogens with two attached hydrogens (primary N) is 2. The van der Waals surface area contributed by atoms with Gasteiger partial charge in [0.1, 0.15) is 5.69 Å². The van der Waals surface area contributed by atoms with E-state index in [-0.39, 0.29) is 5.95 Å². The van der Waals surface area contributed by atoms with Gasteiger partial charge in [0.05, 0.1) is 6.20 Å². The first kappa shape index (κ1) is 7.46. The fourth-order valence-electron chi connectivity index (χ4n) is 0.642. The zero-order chi connectivity index (χ0) is 8.27. The average molecular weight is 151 g/mol. The van der Waals surface area contributed by atoms with Gasteiger partial charge in [-0.1, -0.05) is 0 Å². The van der Waals surface area contributed by atoms with Crippen LogP contribution in [0.1, 0.15) is 6.92 Å². The molecule has 0 unspecified atom stereocenters. The molecule has 0 aromatic carbocycles. The molecule has 58 valence electrons. The molecule has 1 rings (SSSR count). The largest absolute Gasteiger partial charge is 0.382 e. The average Bonchev–Trinajstić information content (AvgIpc) is 1.95. The summed E-state index contributed by atoms with van der Waals surface area (Å²) in [6.45, 7) is 1.79. The molecule has 0 aliphatic carbocycles. The molecule has 1 aromatic rings. The molecule has 0 atom stereocenters. The summed E-state index contributed by atoms with van der Waals surface area (Å²) in [6.07, 6.45) is 3.10. The summed E-state index contributed by atoms with van der Waals surface area (Å²) >= 11 is 0. The third-order valence-electron chi connectivity index (χ3n) is 1.08. The van der Waals surface area contributed by atoms with Crippen molar-refractivity contribution in [1.82, 2.24) is 9.97 Å². The van der Waals surface area contributed by atoms with Gasteiger partial charge in [-0.2, -0.15) is 4.98 Å². The van der Waals surface area contributed by atoms with Crippen LogP contribution in [0.3, 0.4) is 0 Å². The number of aromatic nitrogens is 2. The monoisotopic (exact) mass is 151 g/mol. The zero-order valence-electron chi connectivity index (χ0n) is 6.15. The zero-order valence-corrected chi connectivity index (χ0v) is 6.15. The van der Waals surface area contributed by atoms with Crippen molar-refractivity contribution in [2.75, 3.05) is 11.5 Å². The van der Waals surface area contributed by atoms with Crippen LogP contribution in [0.4, 0.5) is 17.5 Å². The Balaban J connectivity index is 3.09. The van der Waals surface area contributed by atoms with E-state index >= 15 is 0 Å². The van der Waals surface area contributed by atoms with E-state index in [2.05, 4.69) is 15.0 Å². The Labute approximate surface area is 64.2 Å². The number of nitrogen functional groups attached to an aromatic ring is 2. The highest BCUT2D eigenvalue weighted by atomic mass is 15.0. The highest BCUT2D eigenvalue weighted by Gasteiger charge is 1.97. The molecule has 11 heavy (non-hydrogen) atoms. The first-order valence-electron chi connectivity index (χ1n) is 3.10. The fourth-order valence-corrected chi connectivity index (χ4v) is 0.642. The molecule has 5 heteroatoms. The Morgan fingerprint density at radius 1 is 1.55 bits per heavy atom. The SMILES string of the molecule is CC=Nc1cnc(N)nc1N. The summed E-state index contributed by atoms with van der Waals surface area (Å²) in [5.74, 6) is 0.466. The lowest BCUT2D eigenvalue weighted by Crippen LogP contribution is -1.98. The van der Waals surface area contributed by atoms with Crippen molar-refractivity contribution in [3.63, 3.8) is 0 Å². The third kappa shape index (κ3) is 1.64. The quantitative estimate of drug-likeness (QED) is 0.567. The summed E-state index contributed by atoms with van der Waals surface area (Å²) in [6, 6.07) is 0. The Hall–Kier alpha value is -1.65. The number of nitrogens with zero attached hydrogens (tertiary/aromatic N) is 3. The number of rotatable bonds is 1. The summed E-state index contributed by atoms with van der Waals surface area (Å²) in [5.41, 5.74) is 11.3. The van der Waals surface area contributed by atoms with Gasteiger partial charge in [-0.15, -0.1) is 0 Å². The number of aliphatic imine (C=N–C) groups is 1. The molecule has 1 aromatic heterocycles. The van der Waals surface area contributed by atoms with E-state index in [0.29, 0.717) is 11.5 Å². The highest BCUT2D eigenvalue weighted by molar-refractivity contribution is 5.66. The summed E-state index contributed by atoms with van der Waals surface area (Å²) < 4.78 is 0. The molecular weight excluding hydrogens is 142 g/mol. The van der Waals surface area contributed by atoms with Crippen molar-refractivity contribution in [1.29, 1.82) is 0 Å². The molecule has 5 nitrogen and oxygen atoms in total. The van der Waals surface area contributed by atoms with Crippen molar-refractivity contribution >= 4 is 23.7 Å². The minimum absolute atomic E-state index is 0.164. The van der Waals surface area contributed by atoms with Gasteiger partial charge in [-0.25, -0.2) is 4.98 Å². The van der Waals surface area contributed by atoms with E-state index < -0.39 is 0 Å². The van der Waals surface area contributed by atoms with Gasteiger partial charge >= 0.3 is 0 Å². The van der Waals surface area contributed by atoms with E-state index in [1.807, 2.05) is 0 Å². The topological polar surface area (TPSA) is 90.2 Å². The van der Waals surface area contributed by atoms with Crippen molar-refractivity contribution in [3.05, 3.63) is 6.20 Å². The Morgan fingerprint density at radius 2 is 2.27 bits per heavy atom. The van der Waals surface area contributed by atoms with Crippen LogP contribution in [0, 0.1) is 0 Å². The molecule has 0 amide bonds. The lowest BCUT2D eigenvalue weighted by molar-refractivity contribution is 1.18. The van der Waals surface area contributed by atoms with E-state index in [1.54, 1.807) is 13.1 Å². The smallest absolute Gasteiger partial charge is 0.222 e. The van der Waals surface area contributed by atoms with Gasteiger partial charge in [0.2, 0.25) is 5.95 Å². The normalized spacial score (nSPS) is 10.6. The van der Waals surface area contributed by atoms with Crippen molar-refractivity contribution in [3.8, 4) is 0 Å². The maximum absolute atomic E-state index is 5.46. The second kappa shape index (κ2) is 2.96. The molecule has 0 spiro atoms. The van der Waals surface area contributed by atoms with Gasteiger partial charge in [0.15, 0.2) is 5.82 Å². The number of anilines is 2. The standard InChI is InChI=1S/C6H9N5/c1-2-9-4-3-10-6(8)11-5(4)7/h2-3H,1H3,(H4,7,8,10,11). The van der Waals surface area contributed by atoms with Crippen LogP contribution >= 0.6 is 0 Å². The molecule has 4 N–H and O–H groups in total. The molecular formula is C6H9N5. The van der Waals surface area contributed by atoms with E-state index in [1.165, 1.54) is 6.20 Å². The highest BCUT2D eigenvalue weighted by Crippen LogP contribution is 2.17.